The fourth-order valence-corrected chi connectivity index (χ4v) is 6.66. The summed E-state index contributed by atoms with van der Waals surface area (Å²) in [5.41, 5.74) is 5.00. The maximum Gasteiger partial charge on any atom is 0.407 e. The van der Waals surface area contributed by atoms with Crippen LogP contribution in [0.3, 0.4) is 0 Å². The fourth-order valence-electron chi connectivity index (χ4n) is 6.66. The Labute approximate surface area is 202 Å². The van der Waals surface area contributed by atoms with Gasteiger partial charge in [-0.1, -0.05) is 6.07 Å². The third-order valence-electron chi connectivity index (χ3n) is 8.30. The Bertz CT molecular complexity index is 1400. The smallest absolute Gasteiger partial charge is 0.407 e. The number of fused-ring (bicyclic) bond motifs is 6. The minimum absolute atomic E-state index is 0.0697. The van der Waals surface area contributed by atoms with Gasteiger partial charge >= 0.3 is 6.09 Å². The van der Waals surface area contributed by atoms with Gasteiger partial charge in [-0.25, -0.2) is 14.3 Å². The molecule has 10 heteroatoms. The molecule has 0 radical (unpaired) electrons. The summed E-state index contributed by atoms with van der Waals surface area (Å²) in [4.78, 5) is 25.4. The number of hydrogen-bond donors (Lipinski definition) is 1. The second-order valence-corrected chi connectivity index (χ2v) is 10.1. The van der Waals surface area contributed by atoms with E-state index in [0.717, 1.165) is 55.3 Å². The zero-order valence-electron chi connectivity index (χ0n) is 19.4. The van der Waals surface area contributed by atoms with Crippen molar-refractivity contribution in [1.29, 1.82) is 5.26 Å². The molecule has 7 rings (SSSR count). The summed E-state index contributed by atoms with van der Waals surface area (Å²) in [6.45, 7) is 6.13. The number of likely N-dealkylation sites (tertiary alicyclic amines) is 1. The van der Waals surface area contributed by atoms with Gasteiger partial charge < -0.3 is 19.8 Å². The first kappa shape index (κ1) is 20.5. The molecule has 2 bridgehead atoms. The molecule has 1 N–H and O–H groups in total. The van der Waals surface area contributed by atoms with Crippen LogP contribution in [0.4, 0.5) is 16.3 Å². The molecule has 4 aliphatic rings. The second kappa shape index (κ2) is 7.33. The van der Waals surface area contributed by atoms with Gasteiger partial charge in [0.25, 0.3) is 0 Å². The van der Waals surface area contributed by atoms with Crippen molar-refractivity contribution in [3.8, 4) is 6.07 Å². The molecular formula is C25H26N8O2. The summed E-state index contributed by atoms with van der Waals surface area (Å²) >= 11 is 0. The van der Waals surface area contributed by atoms with E-state index >= 15 is 0 Å². The van der Waals surface area contributed by atoms with Gasteiger partial charge in [0.15, 0.2) is 0 Å². The highest BCUT2D eigenvalue weighted by Gasteiger charge is 2.46. The van der Waals surface area contributed by atoms with Crippen LogP contribution in [-0.4, -0.2) is 79.9 Å². The topological polar surface area (TPSA) is 104 Å². The van der Waals surface area contributed by atoms with E-state index < -0.39 is 6.09 Å². The Morgan fingerprint density at radius 1 is 1.11 bits per heavy atom. The Kier molecular flexibility index (Phi) is 4.30. The normalized spacial score (nSPS) is 27.4. The van der Waals surface area contributed by atoms with E-state index in [1.807, 2.05) is 18.2 Å². The predicted octanol–water partition coefficient (Wildman–Crippen LogP) is 2.31. The number of anilines is 2. The van der Waals surface area contributed by atoms with Gasteiger partial charge in [0.2, 0.25) is 0 Å². The molecule has 1 amide bonds. The minimum Gasteiger partial charge on any atom is -0.465 e. The standard InChI is InChI=1S/C25H26N8O2/c1-15-10-29(21-4-2-16(9-26)33-22(21)6-7-27-33)14-23-19-3-5-24(28-20(19)13-30(15)23)31-11-18-8-17(31)12-32(18)25(34)35/h2-7,15,17-18,23H,8,10-14H2,1H3,(H,34,35)/t15-,17+,18+,23-/m1/s1. The molecule has 3 saturated heterocycles. The van der Waals surface area contributed by atoms with E-state index in [2.05, 4.69) is 44.9 Å². The lowest BCUT2D eigenvalue weighted by Gasteiger charge is -2.43. The highest BCUT2D eigenvalue weighted by molar-refractivity contribution is 5.74. The van der Waals surface area contributed by atoms with E-state index in [1.165, 1.54) is 5.56 Å². The van der Waals surface area contributed by atoms with Crippen molar-refractivity contribution in [2.45, 2.75) is 44.1 Å². The van der Waals surface area contributed by atoms with Crippen LogP contribution in [0.25, 0.3) is 5.52 Å². The monoisotopic (exact) mass is 470 g/mol. The summed E-state index contributed by atoms with van der Waals surface area (Å²) in [6, 6.07) is 13.3. The van der Waals surface area contributed by atoms with Crippen LogP contribution in [-0.2, 0) is 6.54 Å². The molecule has 3 aromatic heterocycles. The zero-order valence-corrected chi connectivity index (χ0v) is 19.4. The van der Waals surface area contributed by atoms with Crippen molar-refractivity contribution in [1.82, 2.24) is 24.4 Å². The Morgan fingerprint density at radius 3 is 2.77 bits per heavy atom. The highest BCUT2D eigenvalue weighted by atomic mass is 16.4. The SMILES string of the molecule is C[C@@H]1CN(c2ccc(C#N)n3nccc23)C[C@@H]2c3ccc(N4C[C@@H]5C[C@H]4CN5C(=O)O)nc3CN12. The van der Waals surface area contributed by atoms with Gasteiger partial charge in [0, 0.05) is 38.8 Å². The van der Waals surface area contributed by atoms with Gasteiger partial charge in [0.05, 0.1) is 41.2 Å². The van der Waals surface area contributed by atoms with E-state index in [1.54, 1.807) is 15.6 Å². The molecule has 0 unspecified atom stereocenters. The number of aromatic nitrogens is 3. The minimum atomic E-state index is -0.815. The summed E-state index contributed by atoms with van der Waals surface area (Å²) in [5, 5.41) is 23.2. The average molecular weight is 471 g/mol. The molecular weight excluding hydrogens is 444 g/mol. The first-order valence-corrected chi connectivity index (χ1v) is 12.2. The summed E-state index contributed by atoms with van der Waals surface area (Å²) in [7, 11) is 0. The maximum atomic E-state index is 11.4. The van der Waals surface area contributed by atoms with Crippen molar-refractivity contribution in [3.05, 3.63) is 53.5 Å². The van der Waals surface area contributed by atoms with Crippen LogP contribution in [0, 0.1) is 11.3 Å². The molecule has 0 spiro atoms. The lowest BCUT2D eigenvalue weighted by atomic mass is 10.0. The summed E-state index contributed by atoms with van der Waals surface area (Å²) < 4.78 is 1.72. The number of nitriles is 1. The molecule has 3 aromatic rings. The number of hydrogen-bond acceptors (Lipinski definition) is 7. The van der Waals surface area contributed by atoms with E-state index in [9.17, 15) is 15.2 Å². The molecule has 3 fully saturated rings. The number of amides is 1. The number of pyridine rings is 2. The Hall–Kier alpha value is -3.84. The lowest BCUT2D eigenvalue weighted by molar-refractivity contribution is 0.133. The van der Waals surface area contributed by atoms with Crippen molar-refractivity contribution in [2.75, 3.05) is 36.0 Å². The van der Waals surface area contributed by atoms with Gasteiger partial charge in [-0.15, -0.1) is 0 Å². The Balaban J connectivity index is 1.16. The number of nitrogens with zero attached hydrogens (tertiary/aromatic N) is 8. The molecule has 10 nitrogen and oxygen atoms in total. The van der Waals surface area contributed by atoms with E-state index in [0.29, 0.717) is 18.3 Å². The van der Waals surface area contributed by atoms with Crippen LogP contribution in [0.2, 0.25) is 0 Å². The second-order valence-electron chi connectivity index (χ2n) is 10.1. The lowest BCUT2D eigenvalue weighted by Crippen LogP contribution is -2.51. The fraction of sp³-hybridized carbons (Fsp3) is 0.440. The van der Waals surface area contributed by atoms with Crippen LogP contribution in [0.1, 0.15) is 36.3 Å². The van der Waals surface area contributed by atoms with Crippen LogP contribution >= 0.6 is 0 Å². The number of piperazine rings is 2. The zero-order chi connectivity index (χ0) is 23.8. The maximum absolute atomic E-state index is 11.4. The predicted molar refractivity (Wildman–Crippen MR) is 128 cm³/mol. The summed E-state index contributed by atoms with van der Waals surface area (Å²) in [5.74, 6) is 0.971. The number of carboxylic acid groups (broad SMARTS) is 1. The van der Waals surface area contributed by atoms with Crippen molar-refractivity contribution >= 4 is 23.1 Å². The first-order chi connectivity index (χ1) is 17.0. The van der Waals surface area contributed by atoms with Crippen molar-refractivity contribution in [2.24, 2.45) is 0 Å². The quantitative estimate of drug-likeness (QED) is 0.609. The molecule has 0 aromatic carbocycles. The first-order valence-electron chi connectivity index (χ1n) is 12.2. The van der Waals surface area contributed by atoms with Gasteiger partial charge in [0.1, 0.15) is 17.6 Å². The van der Waals surface area contributed by atoms with E-state index in [-0.39, 0.29) is 18.1 Å². The molecule has 7 heterocycles. The van der Waals surface area contributed by atoms with Gasteiger partial charge in [-0.2, -0.15) is 10.4 Å². The number of carbonyl (C=O) groups is 1. The molecule has 4 atom stereocenters. The molecule has 0 saturated carbocycles. The van der Waals surface area contributed by atoms with Crippen LogP contribution in [0.15, 0.2) is 36.5 Å². The molecule has 178 valence electrons. The third-order valence-corrected chi connectivity index (χ3v) is 8.30. The third kappa shape index (κ3) is 2.94. The molecule has 0 aliphatic carbocycles. The van der Waals surface area contributed by atoms with Crippen molar-refractivity contribution < 1.29 is 9.90 Å². The Morgan fingerprint density at radius 2 is 2.00 bits per heavy atom. The van der Waals surface area contributed by atoms with Gasteiger partial charge in [-0.05, 0) is 43.2 Å². The molecule has 35 heavy (non-hydrogen) atoms. The number of rotatable bonds is 2. The van der Waals surface area contributed by atoms with E-state index in [4.69, 9.17) is 4.98 Å². The van der Waals surface area contributed by atoms with Crippen LogP contribution in [0.5, 0.6) is 0 Å². The largest absolute Gasteiger partial charge is 0.465 e. The summed E-state index contributed by atoms with van der Waals surface area (Å²) in [6.07, 6.45) is 1.82. The van der Waals surface area contributed by atoms with Crippen LogP contribution < -0.4 is 9.80 Å². The van der Waals surface area contributed by atoms with Crippen molar-refractivity contribution in [3.63, 3.8) is 0 Å². The molecule has 4 aliphatic heterocycles. The average Bonchev–Trinajstić information content (AvgIpc) is 3.65. The highest BCUT2D eigenvalue weighted by Crippen LogP contribution is 2.42. The van der Waals surface area contributed by atoms with Gasteiger partial charge in [-0.3, -0.25) is 4.90 Å².